The summed E-state index contributed by atoms with van der Waals surface area (Å²) in [6.45, 7) is 0. The molecule has 0 aliphatic heterocycles. The summed E-state index contributed by atoms with van der Waals surface area (Å²) in [5.74, 6) is -2.50. The largest absolute Gasteiger partial charge is 0.209 e. The zero-order valence-electron chi connectivity index (χ0n) is 13.2. The maximum absolute atomic E-state index is 13.3. The van der Waals surface area contributed by atoms with Gasteiger partial charge in [-0.1, -0.05) is 38.5 Å². The Morgan fingerprint density at radius 1 is 0.591 bits per heavy atom. The third kappa shape index (κ3) is 4.85. The number of hydrogen-bond donors (Lipinski definition) is 0. The van der Waals surface area contributed by atoms with Crippen molar-refractivity contribution >= 4 is 0 Å². The van der Waals surface area contributed by atoms with Crippen LogP contribution in [0.5, 0.6) is 0 Å². The Labute approximate surface area is 130 Å². The average molecular weight is 318 g/mol. The van der Waals surface area contributed by atoms with E-state index in [2.05, 4.69) is 0 Å². The monoisotopic (exact) mass is 318 g/mol. The fourth-order valence-electron chi connectivity index (χ4n) is 3.57. The number of unbranched alkanes of at least 4 members (excludes halogenated alkanes) is 5. The van der Waals surface area contributed by atoms with Crippen LogP contribution in [0.3, 0.4) is 0 Å². The zero-order chi connectivity index (χ0) is 15.9. The third-order valence-electron chi connectivity index (χ3n) is 5.01. The molecule has 2 rings (SSSR count). The number of halogens is 4. The first kappa shape index (κ1) is 17.6. The van der Waals surface area contributed by atoms with E-state index >= 15 is 0 Å². The van der Waals surface area contributed by atoms with Crippen molar-refractivity contribution in [2.24, 2.45) is 11.8 Å². The van der Waals surface area contributed by atoms with E-state index in [0.29, 0.717) is 12.8 Å². The molecule has 0 bridgehead atoms. The Kier molecular flexibility index (Phi) is 6.97. The molecule has 4 heteroatoms. The van der Waals surface area contributed by atoms with Gasteiger partial charge < -0.3 is 0 Å². The van der Waals surface area contributed by atoms with Crippen molar-refractivity contribution in [2.45, 2.75) is 77.0 Å². The summed E-state index contributed by atoms with van der Waals surface area (Å²) in [6, 6.07) is 0. The quantitative estimate of drug-likeness (QED) is 0.311. The summed E-state index contributed by atoms with van der Waals surface area (Å²) in [6.07, 6.45) is 9.39. The Hall–Kier alpha value is -0.800. The molecule has 0 N–H and O–H groups in total. The molecule has 22 heavy (non-hydrogen) atoms. The molecule has 0 saturated carbocycles. The molecule has 0 amide bonds. The molecule has 0 aromatic heterocycles. The van der Waals surface area contributed by atoms with Gasteiger partial charge in [-0.2, -0.15) is 0 Å². The lowest BCUT2D eigenvalue weighted by Crippen LogP contribution is -1.97. The lowest BCUT2D eigenvalue weighted by molar-refractivity contribution is 0.413. The van der Waals surface area contributed by atoms with Gasteiger partial charge in [0.1, 0.15) is 23.3 Å². The molecule has 0 aromatic carbocycles. The molecule has 0 aromatic rings. The van der Waals surface area contributed by atoms with Gasteiger partial charge in [-0.3, -0.25) is 0 Å². The molecule has 2 aliphatic carbocycles. The molecule has 2 atom stereocenters. The fraction of sp³-hybridized carbons (Fsp3) is 0.778. The first-order valence-corrected chi connectivity index (χ1v) is 8.67. The summed E-state index contributed by atoms with van der Waals surface area (Å²) >= 11 is 0. The Morgan fingerprint density at radius 3 is 1.27 bits per heavy atom. The van der Waals surface area contributed by atoms with Crippen molar-refractivity contribution in [3.8, 4) is 0 Å². The summed E-state index contributed by atoms with van der Waals surface area (Å²) < 4.78 is 52.4. The number of allylic oxidation sites excluding steroid dienone is 4. The van der Waals surface area contributed by atoms with Crippen molar-refractivity contribution in [1.29, 1.82) is 0 Å². The highest BCUT2D eigenvalue weighted by atomic mass is 19.2. The van der Waals surface area contributed by atoms with Crippen LogP contribution in [0.1, 0.15) is 77.0 Å². The molecular weight excluding hydrogens is 292 g/mol. The number of rotatable bonds is 9. The summed E-state index contributed by atoms with van der Waals surface area (Å²) in [5.41, 5.74) is 0. The van der Waals surface area contributed by atoms with Crippen molar-refractivity contribution in [3.63, 3.8) is 0 Å². The lowest BCUT2D eigenvalue weighted by atomic mass is 9.97. The first-order chi connectivity index (χ1) is 10.6. The van der Waals surface area contributed by atoms with Crippen LogP contribution in [0.4, 0.5) is 17.6 Å². The Balaban J connectivity index is 1.44. The van der Waals surface area contributed by atoms with Crippen molar-refractivity contribution in [3.05, 3.63) is 23.3 Å². The highest BCUT2D eigenvalue weighted by molar-refractivity contribution is 5.11. The first-order valence-electron chi connectivity index (χ1n) is 8.67. The van der Waals surface area contributed by atoms with E-state index < -0.39 is 23.3 Å². The van der Waals surface area contributed by atoms with Crippen LogP contribution in [0.15, 0.2) is 23.3 Å². The maximum atomic E-state index is 13.3. The molecule has 0 heterocycles. The summed E-state index contributed by atoms with van der Waals surface area (Å²) in [5, 5.41) is 0. The van der Waals surface area contributed by atoms with E-state index in [1.54, 1.807) is 0 Å². The normalized spacial score (nSPS) is 25.6. The van der Waals surface area contributed by atoms with E-state index in [0.717, 1.165) is 51.4 Å². The highest BCUT2D eigenvalue weighted by Gasteiger charge is 2.26. The van der Waals surface area contributed by atoms with Gasteiger partial charge in [0, 0.05) is 24.7 Å². The highest BCUT2D eigenvalue weighted by Crippen LogP contribution is 2.37. The second-order valence-corrected chi connectivity index (χ2v) is 6.68. The van der Waals surface area contributed by atoms with Crippen LogP contribution in [0.25, 0.3) is 0 Å². The SMILES string of the molecule is FC1=C(F)C(CCCCCCCCC2CCC(F)=C2F)CC1. The average Bonchev–Trinajstić information content (AvgIpc) is 2.99. The Morgan fingerprint density at radius 2 is 0.955 bits per heavy atom. The van der Waals surface area contributed by atoms with Gasteiger partial charge in [0.25, 0.3) is 0 Å². The molecule has 126 valence electrons. The van der Waals surface area contributed by atoms with E-state index in [9.17, 15) is 17.6 Å². The molecular formula is C18H26F4. The molecule has 0 nitrogen and oxygen atoms in total. The molecule has 0 spiro atoms. The lowest BCUT2D eigenvalue weighted by Gasteiger charge is -2.09. The third-order valence-corrected chi connectivity index (χ3v) is 5.01. The second kappa shape index (κ2) is 8.73. The number of hydrogen-bond acceptors (Lipinski definition) is 0. The molecule has 2 unspecified atom stereocenters. The minimum atomic E-state index is -0.547. The van der Waals surface area contributed by atoms with Crippen LogP contribution in [0, 0.1) is 11.8 Å². The van der Waals surface area contributed by atoms with Gasteiger partial charge in [-0.25, -0.2) is 17.6 Å². The summed E-state index contributed by atoms with van der Waals surface area (Å²) in [7, 11) is 0. The van der Waals surface area contributed by atoms with E-state index in [1.807, 2.05) is 0 Å². The topological polar surface area (TPSA) is 0 Å². The fourth-order valence-corrected chi connectivity index (χ4v) is 3.57. The van der Waals surface area contributed by atoms with Crippen LogP contribution in [0.2, 0.25) is 0 Å². The van der Waals surface area contributed by atoms with E-state index in [1.165, 1.54) is 0 Å². The van der Waals surface area contributed by atoms with Crippen molar-refractivity contribution < 1.29 is 17.6 Å². The molecule has 0 radical (unpaired) electrons. The summed E-state index contributed by atoms with van der Waals surface area (Å²) in [4.78, 5) is 0. The van der Waals surface area contributed by atoms with E-state index in [4.69, 9.17) is 0 Å². The van der Waals surface area contributed by atoms with Gasteiger partial charge in [0.2, 0.25) is 0 Å². The zero-order valence-corrected chi connectivity index (χ0v) is 13.2. The van der Waals surface area contributed by atoms with E-state index in [-0.39, 0.29) is 24.7 Å². The molecule has 2 aliphatic rings. The van der Waals surface area contributed by atoms with Gasteiger partial charge in [0.15, 0.2) is 0 Å². The molecule has 0 fully saturated rings. The van der Waals surface area contributed by atoms with Crippen molar-refractivity contribution in [2.75, 3.05) is 0 Å². The van der Waals surface area contributed by atoms with Crippen LogP contribution >= 0.6 is 0 Å². The standard InChI is InChI=1S/C18H26F4/c19-15-11-9-13(17(15)21)7-5-3-1-2-4-6-8-14-10-12-16(20)18(14)22/h13-14H,1-12H2. The van der Waals surface area contributed by atoms with Crippen LogP contribution in [-0.2, 0) is 0 Å². The minimum absolute atomic E-state index is 0.188. The van der Waals surface area contributed by atoms with Gasteiger partial charge in [-0.05, 0) is 25.7 Å². The Bertz CT molecular complexity index is 385. The maximum Gasteiger partial charge on any atom is 0.134 e. The minimum Gasteiger partial charge on any atom is -0.209 e. The predicted octanol–water partition coefficient (Wildman–Crippen LogP) is 7.23. The van der Waals surface area contributed by atoms with Crippen molar-refractivity contribution in [1.82, 2.24) is 0 Å². The second-order valence-electron chi connectivity index (χ2n) is 6.68. The van der Waals surface area contributed by atoms with Gasteiger partial charge in [-0.15, -0.1) is 0 Å². The smallest absolute Gasteiger partial charge is 0.134 e. The molecule has 0 saturated heterocycles. The van der Waals surface area contributed by atoms with Gasteiger partial charge >= 0.3 is 0 Å². The van der Waals surface area contributed by atoms with Crippen LogP contribution in [-0.4, -0.2) is 0 Å². The van der Waals surface area contributed by atoms with Crippen LogP contribution < -0.4 is 0 Å². The van der Waals surface area contributed by atoms with Gasteiger partial charge in [0.05, 0.1) is 0 Å². The predicted molar refractivity (Wildman–Crippen MR) is 80.9 cm³/mol.